The fraction of sp³-hybridized carbons (Fsp3) is 0.500. The highest BCUT2D eigenvalue weighted by molar-refractivity contribution is 5.80. The molecule has 1 rings (SSSR count). The van der Waals surface area contributed by atoms with E-state index >= 15 is 0 Å². The monoisotopic (exact) mass is 293 g/mol. The van der Waals surface area contributed by atoms with Crippen LogP contribution in [0.1, 0.15) is 30.5 Å². The van der Waals surface area contributed by atoms with Gasteiger partial charge in [0.25, 0.3) is 0 Å². The fourth-order valence-corrected chi connectivity index (χ4v) is 2.57. The number of hydrogen-bond donors (Lipinski definition) is 2. The first-order chi connectivity index (χ1) is 9.65. The molecule has 5 nitrogen and oxygen atoms in total. The molecule has 2 atom stereocenters. The van der Waals surface area contributed by atoms with Gasteiger partial charge < -0.3 is 15.1 Å². The van der Waals surface area contributed by atoms with Crippen molar-refractivity contribution in [3.8, 4) is 0 Å². The van der Waals surface area contributed by atoms with Gasteiger partial charge >= 0.3 is 11.9 Å². The Kier molecular flexibility index (Phi) is 5.35. The second-order valence-corrected chi connectivity index (χ2v) is 5.65. The summed E-state index contributed by atoms with van der Waals surface area (Å²) in [5, 5.41) is 18.4. The van der Waals surface area contributed by atoms with E-state index in [1.54, 1.807) is 18.7 Å². The van der Waals surface area contributed by atoms with Gasteiger partial charge in [0, 0.05) is 12.2 Å². The first kappa shape index (κ1) is 17.0. The molecule has 0 aromatic heterocycles. The number of hydrogen-bond acceptors (Lipinski definition) is 3. The molecule has 0 bridgehead atoms. The summed E-state index contributed by atoms with van der Waals surface area (Å²) in [5.41, 5.74) is 3.82. The van der Waals surface area contributed by atoms with Gasteiger partial charge in [-0.05, 0) is 38.8 Å². The molecule has 0 saturated heterocycles. The molecule has 116 valence electrons. The first-order valence-electron chi connectivity index (χ1n) is 6.95. The number of aryl methyl sites for hydroxylation is 3. The number of aliphatic carboxylic acids is 2. The molecule has 1 aromatic carbocycles. The zero-order valence-corrected chi connectivity index (χ0v) is 13.2. The lowest BCUT2D eigenvalue weighted by atomic mass is 10.0. The lowest BCUT2D eigenvalue weighted by Gasteiger charge is -2.33. The summed E-state index contributed by atoms with van der Waals surface area (Å²) in [4.78, 5) is 24.1. The minimum atomic E-state index is -0.966. The van der Waals surface area contributed by atoms with Crippen molar-refractivity contribution in [3.05, 3.63) is 28.8 Å². The molecule has 0 spiro atoms. The van der Waals surface area contributed by atoms with Crippen LogP contribution < -0.4 is 4.90 Å². The first-order valence-corrected chi connectivity index (χ1v) is 6.95. The van der Waals surface area contributed by atoms with Crippen molar-refractivity contribution in [2.24, 2.45) is 5.92 Å². The second-order valence-electron chi connectivity index (χ2n) is 5.65. The van der Waals surface area contributed by atoms with Crippen LogP contribution in [0.3, 0.4) is 0 Å². The third kappa shape index (κ3) is 3.97. The maximum Gasteiger partial charge on any atom is 0.326 e. The molecule has 1 aromatic rings. The van der Waals surface area contributed by atoms with E-state index in [9.17, 15) is 14.7 Å². The van der Waals surface area contributed by atoms with Crippen LogP contribution in [0.15, 0.2) is 12.1 Å². The third-order valence-corrected chi connectivity index (χ3v) is 3.64. The Morgan fingerprint density at radius 2 is 1.52 bits per heavy atom. The van der Waals surface area contributed by atoms with Crippen LogP contribution in [0.2, 0.25) is 0 Å². The van der Waals surface area contributed by atoms with Gasteiger partial charge in [-0.15, -0.1) is 0 Å². The second kappa shape index (κ2) is 6.61. The molecular weight excluding hydrogens is 270 g/mol. The number of carboxylic acid groups (broad SMARTS) is 2. The molecule has 0 heterocycles. The fourth-order valence-electron chi connectivity index (χ4n) is 2.57. The van der Waals surface area contributed by atoms with E-state index in [0.717, 1.165) is 22.4 Å². The van der Waals surface area contributed by atoms with E-state index < -0.39 is 23.9 Å². The summed E-state index contributed by atoms with van der Waals surface area (Å²) < 4.78 is 0. The van der Waals surface area contributed by atoms with Gasteiger partial charge in [-0.25, -0.2) is 4.79 Å². The van der Waals surface area contributed by atoms with E-state index in [1.807, 2.05) is 32.9 Å². The summed E-state index contributed by atoms with van der Waals surface area (Å²) in [5.74, 6) is -2.54. The van der Waals surface area contributed by atoms with Crippen LogP contribution in [0.4, 0.5) is 5.69 Å². The van der Waals surface area contributed by atoms with Gasteiger partial charge in [-0.1, -0.05) is 24.6 Å². The highest BCUT2D eigenvalue weighted by Crippen LogP contribution is 2.29. The maximum atomic E-state index is 11.4. The van der Waals surface area contributed by atoms with Crippen LogP contribution in [-0.2, 0) is 9.59 Å². The summed E-state index contributed by atoms with van der Waals surface area (Å²) in [6.07, 6.45) is 0. The standard InChI is InChI=1S/C16H23NO4/c1-9-6-10(2)14(11(3)7-9)17(13(5)16(20)21)8-12(4)15(18)19/h6-7,12-13H,8H2,1-5H3,(H,18,19)(H,20,21). The summed E-state index contributed by atoms with van der Waals surface area (Å²) in [6.45, 7) is 9.14. The van der Waals surface area contributed by atoms with Crippen LogP contribution in [0.25, 0.3) is 0 Å². The van der Waals surface area contributed by atoms with Gasteiger partial charge in [0.1, 0.15) is 6.04 Å². The van der Waals surface area contributed by atoms with Gasteiger partial charge in [0.15, 0.2) is 0 Å². The molecule has 0 saturated carbocycles. The lowest BCUT2D eigenvalue weighted by Crippen LogP contribution is -2.43. The smallest absolute Gasteiger partial charge is 0.326 e. The molecular formula is C16H23NO4. The van der Waals surface area contributed by atoms with Crippen LogP contribution >= 0.6 is 0 Å². The van der Waals surface area contributed by atoms with Gasteiger partial charge in [0.2, 0.25) is 0 Å². The SMILES string of the molecule is Cc1cc(C)c(N(CC(C)C(=O)O)C(C)C(=O)O)c(C)c1. The van der Waals surface area contributed by atoms with Crippen molar-refractivity contribution in [1.82, 2.24) is 0 Å². The van der Waals surface area contributed by atoms with Gasteiger partial charge in [-0.3, -0.25) is 4.79 Å². The van der Waals surface area contributed by atoms with Crippen molar-refractivity contribution in [3.63, 3.8) is 0 Å². The van der Waals surface area contributed by atoms with Gasteiger partial charge in [-0.2, -0.15) is 0 Å². The number of carboxylic acids is 2. The van der Waals surface area contributed by atoms with Crippen molar-refractivity contribution in [1.29, 1.82) is 0 Å². The zero-order valence-electron chi connectivity index (χ0n) is 13.2. The molecule has 2 unspecified atom stereocenters. The summed E-state index contributed by atoms with van der Waals surface area (Å²) in [6, 6.07) is 3.18. The van der Waals surface area contributed by atoms with Crippen molar-refractivity contribution < 1.29 is 19.8 Å². The maximum absolute atomic E-state index is 11.4. The van der Waals surface area contributed by atoms with Crippen molar-refractivity contribution >= 4 is 17.6 Å². The molecule has 5 heteroatoms. The van der Waals surface area contributed by atoms with E-state index in [-0.39, 0.29) is 6.54 Å². The number of benzene rings is 1. The highest BCUT2D eigenvalue weighted by Gasteiger charge is 2.27. The Bertz CT molecular complexity index is 530. The topological polar surface area (TPSA) is 77.8 Å². The number of nitrogens with zero attached hydrogens (tertiary/aromatic N) is 1. The minimum absolute atomic E-state index is 0.160. The number of carbonyl (C=O) groups is 2. The Morgan fingerprint density at radius 3 is 1.90 bits per heavy atom. The van der Waals surface area contributed by atoms with Crippen LogP contribution in [-0.4, -0.2) is 34.7 Å². The Hall–Kier alpha value is -2.04. The average molecular weight is 293 g/mol. The largest absolute Gasteiger partial charge is 0.481 e. The van der Waals surface area contributed by atoms with Gasteiger partial charge in [0.05, 0.1) is 5.92 Å². The quantitative estimate of drug-likeness (QED) is 0.843. The van der Waals surface area contributed by atoms with E-state index in [4.69, 9.17) is 5.11 Å². The molecule has 0 fully saturated rings. The Morgan fingerprint density at radius 1 is 1.05 bits per heavy atom. The highest BCUT2D eigenvalue weighted by atomic mass is 16.4. The average Bonchev–Trinajstić information content (AvgIpc) is 2.34. The Balaban J connectivity index is 3.30. The summed E-state index contributed by atoms with van der Waals surface area (Å²) in [7, 11) is 0. The van der Waals surface area contributed by atoms with Crippen molar-refractivity contribution in [2.45, 2.75) is 40.7 Å². The van der Waals surface area contributed by atoms with E-state index in [0.29, 0.717) is 0 Å². The molecule has 0 aliphatic heterocycles. The van der Waals surface area contributed by atoms with E-state index in [2.05, 4.69) is 0 Å². The molecule has 2 N–H and O–H groups in total. The van der Waals surface area contributed by atoms with E-state index in [1.165, 1.54) is 0 Å². The van der Waals surface area contributed by atoms with Crippen LogP contribution in [0, 0.1) is 26.7 Å². The molecule has 0 aliphatic carbocycles. The van der Waals surface area contributed by atoms with Crippen LogP contribution in [0.5, 0.6) is 0 Å². The molecule has 0 radical (unpaired) electrons. The minimum Gasteiger partial charge on any atom is -0.481 e. The Labute approximate surface area is 125 Å². The number of anilines is 1. The zero-order chi connectivity index (χ0) is 16.3. The molecule has 0 aliphatic rings. The molecule has 21 heavy (non-hydrogen) atoms. The normalized spacial score (nSPS) is 13.6. The predicted molar refractivity (Wildman–Crippen MR) is 81.9 cm³/mol. The molecule has 0 amide bonds. The predicted octanol–water partition coefficient (Wildman–Crippen LogP) is 2.61. The number of rotatable bonds is 6. The lowest BCUT2D eigenvalue weighted by molar-refractivity contribution is -0.142. The third-order valence-electron chi connectivity index (χ3n) is 3.64. The van der Waals surface area contributed by atoms with Crippen molar-refractivity contribution in [2.75, 3.05) is 11.4 Å². The summed E-state index contributed by atoms with van der Waals surface area (Å²) >= 11 is 0.